The Bertz CT molecular complexity index is 649. The van der Waals surface area contributed by atoms with E-state index in [4.69, 9.17) is 5.73 Å². The van der Waals surface area contributed by atoms with Crippen molar-refractivity contribution in [3.8, 4) is 11.1 Å². The molecule has 2 atom stereocenters. The second-order valence-electron chi connectivity index (χ2n) is 5.73. The van der Waals surface area contributed by atoms with Crippen molar-refractivity contribution in [1.29, 1.82) is 0 Å². The lowest BCUT2D eigenvalue weighted by Crippen LogP contribution is -2.43. The standard InChI is InChI=1S/C17H21N3O2S/c1-12(2)10-16(18)17(21)20-23(22)15-5-3-4-14(11-15)13-6-8-19-9-7-13/h3-9,11-12,16H,10,18H2,1-2H3,(H,20,21). The second-order valence-corrected chi connectivity index (χ2v) is 6.95. The number of benzene rings is 1. The average Bonchev–Trinajstić information content (AvgIpc) is 2.55. The molecular formula is C17H21N3O2S. The van der Waals surface area contributed by atoms with Gasteiger partial charge in [0.15, 0.2) is 4.90 Å². The van der Waals surface area contributed by atoms with Crippen molar-refractivity contribution in [2.75, 3.05) is 0 Å². The first-order valence-corrected chi connectivity index (χ1v) is 8.60. The quantitative estimate of drug-likeness (QED) is 0.794. The minimum absolute atomic E-state index is 0.305. The van der Waals surface area contributed by atoms with E-state index < -0.39 is 23.3 Å². The van der Waals surface area contributed by atoms with Crippen LogP contribution in [0.4, 0.5) is 0 Å². The number of nitrogens with zero attached hydrogens (tertiary/aromatic N) is 1. The minimum atomic E-state index is -1.63. The summed E-state index contributed by atoms with van der Waals surface area (Å²) in [5.41, 5.74) is 7.70. The summed E-state index contributed by atoms with van der Waals surface area (Å²) in [6.45, 7) is 3.98. The third kappa shape index (κ3) is 5.06. The second kappa shape index (κ2) is 8.10. The Labute approximate surface area is 139 Å². The predicted octanol–water partition coefficient (Wildman–Crippen LogP) is 2.26. The molecule has 2 rings (SSSR count). The lowest BCUT2D eigenvalue weighted by atomic mass is 10.0. The van der Waals surface area contributed by atoms with Crippen molar-refractivity contribution in [3.63, 3.8) is 0 Å². The van der Waals surface area contributed by atoms with Gasteiger partial charge in [0, 0.05) is 18.5 Å². The highest BCUT2D eigenvalue weighted by Crippen LogP contribution is 2.21. The molecule has 1 heterocycles. The summed E-state index contributed by atoms with van der Waals surface area (Å²) in [7, 11) is 0. The van der Waals surface area contributed by atoms with Gasteiger partial charge < -0.3 is 10.3 Å². The normalized spacial score (nSPS) is 13.6. The van der Waals surface area contributed by atoms with Gasteiger partial charge >= 0.3 is 0 Å². The number of aromatic nitrogens is 1. The predicted molar refractivity (Wildman–Crippen MR) is 91.7 cm³/mol. The van der Waals surface area contributed by atoms with Gasteiger partial charge in [-0.3, -0.25) is 9.78 Å². The van der Waals surface area contributed by atoms with Gasteiger partial charge in [-0.25, -0.2) is 0 Å². The van der Waals surface area contributed by atoms with Gasteiger partial charge in [-0.15, -0.1) is 0 Å². The van der Waals surface area contributed by atoms with Crippen molar-refractivity contribution in [1.82, 2.24) is 9.71 Å². The van der Waals surface area contributed by atoms with Crippen LogP contribution in [-0.2, 0) is 16.2 Å². The number of nitrogens with one attached hydrogen (secondary N) is 1. The molecule has 122 valence electrons. The van der Waals surface area contributed by atoms with E-state index in [-0.39, 0.29) is 0 Å². The molecule has 0 radical (unpaired) electrons. The molecule has 6 heteroatoms. The molecule has 1 aromatic carbocycles. The average molecular weight is 331 g/mol. The van der Waals surface area contributed by atoms with Crippen LogP contribution in [0.15, 0.2) is 53.7 Å². The third-order valence-corrected chi connectivity index (χ3v) is 4.39. The van der Waals surface area contributed by atoms with Crippen LogP contribution in [0.1, 0.15) is 20.3 Å². The first kappa shape index (κ1) is 17.5. The van der Waals surface area contributed by atoms with E-state index in [2.05, 4.69) is 9.71 Å². The molecule has 0 fully saturated rings. The minimum Gasteiger partial charge on any atom is -0.588 e. The Morgan fingerprint density at radius 1 is 1.26 bits per heavy atom. The Hall–Kier alpha value is -1.89. The van der Waals surface area contributed by atoms with Crippen LogP contribution >= 0.6 is 0 Å². The topological polar surface area (TPSA) is 91.1 Å². The fourth-order valence-corrected chi connectivity index (χ4v) is 3.06. The molecule has 2 aromatic rings. The SMILES string of the molecule is CC(C)CC(N)C(=O)N[S+]([O-])c1cccc(-c2ccncc2)c1. The van der Waals surface area contributed by atoms with Crippen molar-refractivity contribution in [2.45, 2.75) is 31.2 Å². The summed E-state index contributed by atoms with van der Waals surface area (Å²) in [4.78, 5) is 16.5. The van der Waals surface area contributed by atoms with Crippen molar-refractivity contribution < 1.29 is 9.35 Å². The molecule has 0 bridgehead atoms. The zero-order valence-electron chi connectivity index (χ0n) is 13.2. The van der Waals surface area contributed by atoms with Gasteiger partial charge in [0.25, 0.3) is 5.91 Å². The molecule has 2 unspecified atom stereocenters. The highest BCUT2D eigenvalue weighted by Gasteiger charge is 2.22. The largest absolute Gasteiger partial charge is 0.588 e. The highest BCUT2D eigenvalue weighted by atomic mass is 32.2. The van der Waals surface area contributed by atoms with Gasteiger partial charge in [-0.1, -0.05) is 26.0 Å². The van der Waals surface area contributed by atoms with E-state index in [1.165, 1.54) is 0 Å². The van der Waals surface area contributed by atoms with Gasteiger partial charge in [0.2, 0.25) is 0 Å². The smallest absolute Gasteiger partial charge is 0.278 e. The van der Waals surface area contributed by atoms with Gasteiger partial charge in [-0.2, -0.15) is 4.72 Å². The number of rotatable bonds is 6. The van der Waals surface area contributed by atoms with E-state index >= 15 is 0 Å². The highest BCUT2D eigenvalue weighted by molar-refractivity contribution is 7.90. The van der Waals surface area contributed by atoms with Crippen molar-refractivity contribution in [2.24, 2.45) is 11.7 Å². The molecule has 0 aliphatic heterocycles. The molecule has 23 heavy (non-hydrogen) atoms. The molecule has 0 spiro atoms. The maximum Gasteiger partial charge on any atom is 0.278 e. The molecule has 0 aliphatic rings. The van der Waals surface area contributed by atoms with Crippen LogP contribution in [0, 0.1) is 5.92 Å². The summed E-state index contributed by atoms with van der Waals surface area (Å²) in [5.74, 6) is -0.0921. The van der Waals surface area contributed by atoms with Gasteiger partial charge in [0.05, 0.1) is 6.04 Å². The van der Waals surface area contributed by atoms with Crippen LogP contribution in [0.25, 0.3) is 11.1 Å². The summed E-state index contributed by atoms with van der Waals surface area (Å²) in [5, 5.41) is 0. The lowest BCUT2D eigenvalue weighted by molar-refractivity contribution is -0.120. The molecule has 3 N–H and O–H groups in total. The third-order valence-electron chi connectivity index (χ3n) is 3.32. The Morgan fingerprint density at radius 2 is 1.96 bits per heavy atom. The molecule has 0 aliphatic carbocycles. The molecular weight excluding hydrogens is 310 g/mol. The summed E-state index contributed by atoms with van der Waals surface area (Å²) < 4.78 is 14.8. The fourth-order valence-electron chi connectivity index (χ4n) is 2.18. The van der Waals surface area contributed by atoms with Gasteiger partial charge in [0.1, 0.15) is 11.4 Å². The Balaban J connectivity index is 2.08. The number of pyridine rings is 1. The van der Waals surface area contributed by atoms with E-state index in [0.717, 1.165) is 11.1 Å². The van der Waals surface area contributed by atoms with Crippen LogP contribution in [0.5, 0.6) is 0 Å². The van der Waals surface area contributed by atoms with E-state index in [0.29, 0.717) is 17.2 Å². The van der Waals surface area contributed by atoms with Gasteiger partial charge in [-0.05, 0) is 41.7 Å². The van der Waals surface area contributed by atoms with Crippen LogP contribution in [-0.4, -0.2) is 21.5 Å². The number of amides is 1. The zero-order chi connectivity index (χ0) is 16.8. The Morgan fingerprint density at radius 3 is 2.61 bits per heavy atom. The van der Waals surface area contributed by atoms with E-state index in [1.807, 2.05) is 38.1 Å². The van der Waals surface area contributed by atoms with Crippen LogP contribution in [0.2, 0.25) is 0 Å². The van der Waals surface area contributed by atoms with E-state index in [1.54, 1.807) is 24.5 Å². The number of nitrogens with two attached hydrogens (primary N) is 1. The summed E-state index contributed by atoms with van der Waals surface area (Å²) in [6, 6.07) is 10.3. The van der Waals surface area contributed by atoms with Crippen LogP contribution < -0.4 is 10.5 Å². The molecule has 0 saturated heterocycles. The zero-order valence-corrected chi connectivity index (χ0v) is 14.0. The monoisotopic (exact) mass is 331 g/mol. The molecule has 1 aromatic heterocycles. The lowest BCUT2D eigenvalue weighted by Gasteiger charge is -2.16. The fraction of sp³-hybridized carbons (Fsp3) is 0.294. The van der Waals surface area contributed by atoms with Crippen molar-refractivity contribution in [3.05, 3.63) is 48.8 Å². The summed E-state index contributed by atoms with van der Waals surface area (Å²) >= 11 is -1.63. The molecule has 5 nitrogen and oxygen atoms in total. The maximum absolute atomic E-state index is 12.3. The molecule has 0 saturated carbocycles. The number of hydrogen-bond donors (Lipinski definition) is 2. The number of carbonyl (C=O) groups is 1. The first-order chi connectivity index (χ1) is 11.0. The van der Waals surface area contributed by atoms with Crippen molar-refractivity contribution >= 4 is 17.3 Å². The first-order valence-electron chi connectivity index (χ1n) is 7.45. The Kier molecular flexibility index (Phi) is 6.15. The van der Waals surface area contributed by atoms with E-state index in [9.17, 15) is 9.35 Å². The molecule has 1 amide bonds. The van der Waals surface area contributed by atoms with Crippen LogP contribution in [0.3, 0.4) is 0 Å². The number of hydrogen-bond acceptors (Lipinski definition) is 4. The summed E-state index contributed by atoms with van der Waals surface area (Å²) in [6.07, 6.45) is 3.96. The number of carbonyl (C=O) groups excluding carboxylic acids is 1. The maximum atomic E-state index is 12.3.